The maximum Gasteiger partial charge on any atom is 0.237 e. The highest BCUT2D eigenvalue weighted by Crippen LogP contribution is 2.32. The minimum atomic E-state index is -0.198. The van der Waals surface area contributed by atoms with Crippen molar-refractivity contribution < 1.29 is 9.59 Å². The molecular formula is C21H28N4O2S. The number of imidazole rings is 1. The highest BCUT2D eigenvalue weighted by molar-refractivity contribution is 7.99. The summed E-state index contributed by atoms with van der Waals surface area (Å²) in [7, 11) is 0. The number of nitrogens with zero attached hydrogens (tertiary/aromatic N) is 3. The van der Waals surface area contributed by atoms with Crippen LogP contribution in [0.25, 0.3) is 0 Å². The fourth-order valence-electron chi connectivity index (χ4n) is 3.48. The molecule has 2 amide bonds. The van der Waals surface area contributed by atoms with Gasteiger partial charge in [-0.25, -0.2) is 4.98 Å². The van der Waals surface area contributed by atoms with Gasteiger partial charge in [0, 0.05) is 24.7 Å². The molecular weight excluding hydrogens is 372 g/mol. The molecule has 0 radical (unpaired) electrons. The second kappa shape index (κ2) is 8.39. The number of hydrogen-bond donors (Lipinski definition) is 1. The Balaban J connectivity index is 1.82. The fourth-order valence-corrected chi connectivity index (χ4v) is 4.44. The Morgan fingerprint density at radius 1 is 1.32 bits per heavy atom. The Bertz CT molecular complexity index is 891. The first-order valence-electron chi connectivity index (χ1n) is 9.65. The first-order chi connectivity index (χ1) is 13.3. The Kier molecular flexibility index (Phi) is 6.13. The van der Waals surface area contributed by atoms with Crippen molar-refractivity contribution in [3.8, 4) is 0 Å². The van der Waals surface area contributed by atoms with E-state index in [4.69, 9.17) is 0 Å². The molecule has 1 aromatic heterocycles. The monoisotopic (exact) mass is 400 g/mol. The van der Waals surface area contributed by atoms with Gasteiger partial charge in [0.2, 0.25) is 11.8 Å². The molecule has 1 N–H and O–H groups in total. The number of anilines is 2. The number of fused-ring (bicyclic) bond motifs is 1. The number of thioether (sulfide) groups is 1. The first kappa shape index (κ1) is 20.5. The second-order valence-corrected chi connectivity index (χ2v) is 8.68. The van der Waals surface area contributed by atoms with Gasteiger partial charge >= 0.3 is 0 Å². The van der Waals surface area contributed by atoms with Gasteiger partial charge in [-0.15, -0.1) is 0 Å². The molecule has 0 spiro atoms. The topological polar surface area (TPSA) is 67.2 Å². The van der Waals surface area contributed by atoms with Crippen LogP contribution in [-0.4, -0.2) is 33.2 Å². The quantitative estimate of drug-likeness (QED) is 0.770. The highest BCUT2D eigenvalue weighted by Gasteiger charge is 2.29. The Hall–Kier alpha value is -2.28. The summed E-state index contributed by atoms with van der Waals surface area (Å²) in [6.07, 6.45) is 0.283. The number of para-hydroxylation sites is 2. The maximum atomic E-state index is 13.2. The van der Waals surface area contributed by atoms with Crippen molar-refractivity contribution in [1.29, 1.82) is 0 Å². The van der Waals surface area contributed by atoms with E-state index < -0.39 is 0 Å². The summed E-state index contributed by atoms with van der Waals surface area (Å²) < 4.78 is 2.20. The molecule has 28 heavy (non-hydrogen) atoms. The summed E-state index contributed by atoms with van der Waals surface area (Å²) in [4.78, 5) is 31.7. The number of carbonyl (C=O) groups is 2. The van der Waals surface area contributed by atoms with Crippen LogP contribution in [0.2, 0.25) is 0 Å². The number of carbonyl (C=O) groups excluding carboxylic acids is 2. The van der Waals surface area contributed by atoms with Crippen molar-refractivity contribution in [3.05, 3.63) is 35.7 Å². The fraction of sp³-hybridized carbons (Fsp3) is 0.476. The zero-order chi connectivity index (χ0) is 20.4. The number of aromatic nitrogens is 2. The van der Waals surface area contributed by atoms with Crippen molar-refractivity contribution in [2.75, 3.05) is 16.0 Å². The number of benzene rings is 1. The van der Waals surface area contributed by atoms with E-state index in [0.717, 1.165) is 28.8 Å². The molecule has 1 aliphatic rings. The molecule has 0 fully saturated rings. The van der Waals surface area contributed by atoms with Gasteiger partial charge in [-0.05, 0) is 38.8 Å². The largest absolute Gasteiger partial charge is 0.324 e. The van der Waals surface area contributed by atoms with Crippen LogP contribution < -0.4 is 10.2 Å². The van der Waals surface area contributed by atoms with Gasteiger partial charge in [0.1, 0.15) is 0 Å². The van der Waals surface area contributed by atoms with Gasteiger partial charge in [-0.3, -0.25) is 9.59 Å². The van der Waals surface area contributed by atoms with Crippen LogP contribution in [0.15, 0.2) is 29.4 Å². The van der Waals surface area contributed by atoms with Gasteiger partial charge in [-0.1, -0.05) is 37.7 Å². The third-order valence-electron chi connectivity index (χ3n) is 4.92. The molecule has 1 atom stereocenters. The third kappa shape index (κ3) is 4.24. The van der Waals surface area contributed by atoms with E-state index >= 15 is 0 Å². The molecule has 0 unspecified atom stereocenters. The van der Waals surface area contributed by atoms with Gasteiger partial charge < -0.3 is 14.8 Å². The molecule has 1 aliphatic heterocycles. The predicted molar refractivity (Wildman–Crippen MR) is 114 cm³/mol. The van der Waals surface area contributed by atoms with Crippen LogP contribution in [0.5, 0.6) is 0 Å². The standard InChI is InChI=1S/C21H28N4O2S/c1-13(2)11-24-16(5)15(4)22-21(24)28-12-20(27)25-14(3)10-19(26)23-17-8-6-7-9-18(17)25/h6-9,13-14H,10-12H2,1-5H3,(H,23,26)/t14-/m0/s1. The number of hydrogen-bond acceptors (Lipinski definition) is 4. The molecule has 150 valence electrons. The van der Waals surface area contributed by atoms with Crippen LogP contribution >= 0.6 is 11.8 Å². The lowest BCUT2D eigenvalue weighted by Gasteiger charge is -2.27. The highest BCUT2D eigenvalue weighted by atomic mass is 32.2. The van der Waals surface area contributed by atoms with Gasteiger partial charge in [0.15, 0.2) is 5.16 Å². The Labute approximate surface area is 170 Å². The van der Waals surface area contributed by atoms with Crippen LogP contribution in [-0.2, 0) is 16.1 Å². The van der Waals surface area contributed by atoms with Gasteiger partial charge in [0.05, 0.1) is 22.8 Å². The van der Waals surface area contributed by atoms with Crippen LogP contribution in [0, 0.1) is 19.8 Å². The normalized spacial score (nSPS) is 16.7. The molecule has 0 saturated heterocycles. The molecule has 3 rings (SSSR count). The van der Waals surface area contributed by atoms with Crippen molar-refractivity contribution in [2.45, 2.75) is 58.8 Å². The van der Waals surface area contributed by atoms with Gasteiger partial charge in [0.25, 0.3) is 0 Å². The van der Waals surface area contributed by atoms with Gasteiger partial charge in [-0.2, -0.15) is 0 Å². The van der Waals surface area contributed by atoms with E-state index in [1.807, 2.05) is 38.1 Å². The van der Waals surface area contributed by atoms with E-state index in [0.29, 0.717) is 11.6 Å². The number of amides is 2. The minimum Gasteiger partial charge on any atom is -0.324 e. The van der Waals surface area contributed by atoms with Crippen molar-refractivity contribution >= 4 is 35.0 Å². The Morgan fingerprint density at radius 2 is 2.04 bits per heavy atom. The number of aryl methyl sites for hydroxylation is 1. The minimum absolute atomic E-state index is 0.0177. The summed E-state index contributed by atoms with van der Waals surface area (Å²) in [6, 6.07) is 7.27. The van der Waals surface area contributed by atoms with E-state index in [1.54, 1.807) is 4.90 Å². The summed E-state index contributed by atoms with van der Waals surface area (Å²) in [6.45, 7) is 11.2. The molecule has 0 saturated carbocycles. The molecule has 1 aromatic carbocycles. The molecule has 0 bridgehead atoms. The lowest BCUT2D eigenvalue weighted by Crippen LogP contribution is -2.40. The average molecular weight is 401 g/mol. The van der Waals surface area contributed by atoms with Crippen LogP contribution in [0.3, 0.4) is 0 Å². The second-order valence-electron chi connectivity index (χ2n) is 7.74. The van der Waals surface area contributed by atoms with E-state index in [1.165, 1.54) is 11.8 Å². The van der Waals surface area contributed by atoms with E-state index in [9.17, 15) is 9.59 Å². The summed E-state index contributed by atoms with van der Waals surface area (Å²) in [5, 5.41) is 3.77. The van der Waals surface area contributed by atoms with Crippen molar-refractivity contribution in [3.63, 3.8) is 0 Å². The zero-order valence-corrected chi connectivity index (χ0v) is 18.0. The predicted octanol–water partition coefficient (Wildman–Crippen LogP) is 4.01. The number of rotatable bonds is 5. The lowest BCUT2D eigenvalue weighted by molar-refractivity contribution is -0.117. The zero-order valence-electron chi connectivity index (χ0n) is 17.2. The lowest BCUT2D eigenvalue weighted by atomic mass is 10.2. The Morgan fingerprint density at radius 3 is 2.75 bits per heavy atom. The maximum absolute atomic E-state index is 13.2. The average Bonchev–Trinajstić information content (AvgIpc) is 2.80. The molecule has 2 aromatic rings. The van der Waals surface area contributed by atoms with Crippen LogP contribution in [0.1, 0.15) is 38.6 Å². The van der Waals surface area contributed by atoms with Crippen molar-refractivity contribution in [1.82, 2.24) is 9.55 Å². The summed E-state index contributed by atoms with van der Waals surface area (Å²) >= 11 is 1.47. The molecule has 2 heterocycles. The molecule has 0 aliphatic carbocycles. The summed E-state index contributed by atoms with van der Waals surface area (Å²) in [5.41, 5.74) is 3.58. The number of nitrogens with one attached hydrogen (secondary N) is 1. The van der Waals surface area contributed by atoms with Crippen LogP contribution in [0.4, 0.5) is 11.4 Å². The third-order valence-corrected chi connectivity index (χ3v) is 5.88. The summed E-state index contributed by atoms with van der Waals surface area (Å²) in [5.74, 6) is 0.690. The SMILES string of the molecule is Cc1nc(SCC(=O)N2c3ccccc3NC(=O)C[C@@H]2C)n(CC(C)C)c1C. The van der Waals surface area contributed by atoms with Crippen molar-refractivity contribution in [2.24, 2.45) is 5.92 Å². The van der Waals surface area contributed by atoms with E-state index in [2.05, 4.69) is 35.6 Å². The first-order valence-corrected chi connectivity index (χ1v) is 10.6. The van der Waals surface area contributed by atoms with E-state index in [-0.39, 0.29) is 30.0 Å². The smallest absolute Gasteiger partial charge is 0.237 e. The molecule has 6 nitrogen and oxygen atoms in total. The molecule has 7 heteroatoms.